The molecule has 4 nitrogen and oxygen atoms in total. The lowest BCUT2D eigenvalue weighted by Crippen LogP contribution is -2.12. The van der Waals surface area contributed by atoms with Gasteiger partial charge in [-0.1, -0.05) is 6.07 Å². The van der Waals surface area contributed by atoms with Gasteiger partial charge in [0.2, 0.25) is 0 Å². The Kier molecular flexibility index (Phi) is 2.96. The molecule has 2 heterocycles. The number of aromatic nitrogens is 1. The minimum Gasteiger partial charge on any atom is -0.383 e. The van der Waals surface area contributed by atoms with Crippen molar-refractivity contribution >= 4 is 5.82 Å². The summed E-state index contributed by atoms with van der Waals surface area (Å²) in [4.78, 5) is 3.99. The van der Waals surface area contributed by atoms with Crippen molar-refractivity contribution in [1.29, 1.82) is 0 Å². The smallest absolute Gasteiger partial charge is 0.128 e. The van der Waals surface area contributed by atoms with Crippen LogP contribution in [0.4, 0.5) is 5.82 Å². The van der Waals surface area contributed by atoms with Crippen molar-refractivity contribution in [1.82, 2.24) is 4.98 Å². The van der Waals surface area contributed by atoms with Crippen LogP contribution in [0.3, 0.4) is 0 Å². The van der Waals surface area contributed by atoms with Crippen LogP contribution in [0.1, 0.15) is 12.0 Å². The Morgan fingerprint density at radius 1 is 1.64 bits per heavy atom. The Hall–Kier alpha value is -1.13. The quantitative estimate of drug-likeness (QED) is 0.779. The predicted molar refractivity (Wildman–Crippen MR) is 52.7 cm³/mol. The van der Waals surface area contributed by atoms with Gasteiger partial charge in [0.1, 0.15) is 5.82 Å². The van der Waals surface area contributed by atoms with Gasteiger partial charge in [-0.05, 0) is 12.5 Å². The zero-order valence-electron chi connectivity index (χ0n) is 7.98. The van der Waals surface area contributed by atoms with Gasteiger partial charge in [-0.25, -0.2) is 4.98 Å². The first-order valence-corrected chi connectivity index (χ1v) is 4.75. The summed E-state index contributed by atoms with van der Waals surface area (Å²) in [7, 11) is 0. The van der Waals surface area contributed by atoms with Gasteiger partial charge in [-0.3, -0.25) is 0 Å². The molecular formula is C10H14N2O2. The highest BCUT2D eigenvalue weighted by Gasteiger charge is 2.16. The number of rotatable bonds is 3. The molecule has 2 rings (SSSR count). The van der Waals surface area contributed by atoms with Crippen molar-refractivity contribution in [2.75, 3.05) is 18.9 Å². The van der Waals surface area contributed by atoms with Crippen LogP contribution in [-0.2, 0) is 16.1 Å². The molecule has 1 aliphatic rings. The Morgan fingerprint density at radius 3 is 3.29 bits per heavy atom. The molecule has 0 aromatic carbocycles. The summed E-state index contributed by atoms with van der Waals surface area (Å²) in [6.07, 6.45) is 2.87. The van der Waals surface area contributed by atoms with E-state index in [0.717, 1.165) is 18.6 Å². The molecule has 1 aromatic rings. The van der Waals surface area contributed by atoms with Gasteiger partial charge >= 0.3 is 0 Å². The number of nitrogens with two attached hydrogens (primary N) is 1. The van der Waals surface area contributed by atoms with Gasteiger partial charge < -0.3 is 15.2 Å². The van der Waals surface area contributed by atoms with Crippen LogP contribution in [0.2, 0.25) is 0 Å². The molecule has 1 saturated heterocycles. The highest BCUT2D eigenvalue weighted by molar-refractivity contribution is 5.37. The third-order valence-electron chi connectivity index (χ3n) is 2.29. The van der Waals surface area contributed by atoms with Crippen molar-refractivity contribution in [3.05, 3.63) is 23.9 Å². The molecule has 1 fully saturated rings. The summed E-state index contributed by atoms with van der Waals surface area (Å²) < 4.78 is 10.8. The topological polar surface area (TPSA) is 57.4 Å². The molecule has 0 saturated carbocycles. The van der Waals surface area contributed by atoms with Gasteiger partial charge in [0.15, 0.2) is 0 Å². The molecule has 0 bridgehead atoms. The fourth-order valence-electron chi connectivity index (χ4n) is 1.42. The molecule has 0 spiro atoms. The summed E-state index contributed by atoms with van der Waals surface area (Å²) in [5.41, 5.74) is 6.63. The molecule has 1 atom stereocenters. The minimum absolute atomic E-state index is 0.217. The van der Waals surface area contributed by atoms with Crippen molar-refractivity contribution in [3.63, 3.8) is 0 Å². The van der Waals surface area contributed by atoms with E-state index in [-0.39, 0.29) is 6.10 Å². The molecule has 1 aliphatic heterocycles. The number of ether oxygens (including phenoxy) is 2. The van der Waals surface area contributed by atoms with E-state index in [1.54, 1.807) is 6.20 Å². The maximum atomic E-state index is 5.68. The molecule has 0 amide bonds. The molecule has 2 N–H and O–H groups in total. The van der Waals surface area contributed by atoms with Gasteiger partial charge in [-0.2, -0.15) is 0 Å². The van der Waals surface area contributed by atoms with Crippen LogP contribution in [0.5, 0.6) is 0 Å². The second kappa shape index (κ2) is 4.39. The van der Waals surface area contributed by atoms with E-state index in [9.17, 15) is 0 Å². The highest BCUT2D eigenvalue weighted by atomic mass is 16.5. The normalized spacial score (nSPS) is 21.3. The third-order valence-corrected chi connectivity index (χ3v) is 2.29. The Bertz CT molecular complexity index is 298. The van der Waals surface area contributed by atoms with Crippen molar-refractivity contribution in [2.45, 2.75) is 19.1 Å². The van der Waals surface area contributed by atoms with Crippen LogP contribution in [0.15, 0.2) is 18.3 Å². The molecule has 14 heavy (non-hydrogen) atoms. The van der Waals surface area contributed by atoms with Crippen molar-refractivity contribution in [3.8, 4) is 0 Å². The fraction of sp³-hybridized carbons (Fsp3) is 0.500. The van der Waals surface area contributed by atoms with E-state index in [2.05, 4.69) is 4.98 Å². The first-order chi connectivity index (χ1) is 6.86. The Balaban J connectivity index is 1.88. The summed E-state index contributed by atoms with van der Waals surface area (Å²) in [5, 5.41) is 0. The van der Waals surface area contributed by atoms with E-state index in [4.69, 9.17) is 15.2 Å². The SMILES string of the molecule is Nc1ncccc1COC1CCOC1. The molecule has 0 aliphatic carbocycles. The second-order valence-electron chi connectivity index (χ2n) is 3.34. The number of nitrogen functional groups attached to an aromatic ring is 1. The average molecular weight is 194 g/mol. The van der Waals surface area contributed by atoms with E-state index in [1.165, 1.54) is 0 Å². The summed E-state index contributed by atoms with van der Waals surface area (Å²) in [6, 6.07) is 3.79. The van der Waals surface area contributed by atoms with Crippen LogP contribution in [0.25, 0.3) is 0 Å². The lowest BCUT2D eigenvalue weighted by molar-refractivity contribution is 0.0319. The maximum Gasteiger partial charge on any atom is 0.128 e. The first-order valence-electron chi connectivity index (χ1n) is 4.75. The minimum atomic E-state index is 0.217. The number of pyridine rings is 1. The van der Waals surface area contributed by atoms with Crippen LogP contribution < -0.4 is 5.73 Å². The number of anilines is 1. The predicted octanol–water partition coefficient (Wildman–Crippen LogP) is 0.969. The summed E-state index contributed by atoms with van der Waals surface area (Å²) in [5.74, 6) is 0.548. The average Bonchev–Trinajstić information content (AvgIpc) is 2.69. The zero-order chi connectivity index (χ0) is 9.80. The molecular weight excluding hydrogens is 180 g/mol. The van der Waals surface area contributed by atoms with E-state index < -0.39 is 0 Å². The number of nitrogens with zero attached hydrogens (tertiary/aromatic N) is 1. The molecule has 0 radical (unpaired) electrons. The first kappa shape index (κ1) is 9.43. The fourth-order valence-corrected chi connectivity index (χ4v) is 1.42. The lowest BCUT2D eigenvalue weighted by Gasteiger charge is -2.10. The molecule has 76 valence electrons. The largest absolute Gasteiger partial charge is 0.383 e. The van der Waals surface area contributed by atoms with E-state index >= 15 is 0 Å². The summed E-state index contributed by atoms with van der Waals surface area (Å²) in [6.45, 7) is 2.01. The maximum absolute atomic E-state index is 5.68. The van der Waals surface area contributed by atoms with Gasteiger partial charge in [0.05, 0.1) is 19.3 Å². The summed E-state index contributed by atoms with van der Waals surface area (Å²) >= 11 is 0. The molecule has 1 unspecified atom stereocenters. The highest BCUT2D eigenvalue weighted by Crippen LogP contribution is 2.13. The number of hydrogen-bond donors (Lipinski definition) is 1. The zero-order valence-corrected chi connectivity index (χ0v) is 7.98. The Labute approximate surface area is 83.0 Å². The van der Waals surface area contributed by atoms with Crippen LogP contribution in [0, 0.1) is 0 Å². The van der Waals surface area contributed by atoms with Crippen LogP contribution >= 0.6 is 0 Å². The molecule has 4 heteroatoms. The van der Waals surface area contributed by atoms with Crippen LogP contribution in [-0.4, -0.2) is 24.3 Å². The second-order valence-corrected chi connectivity index (χ2v) is 3.34. The molecule has 1 aromatic heterocycles. The van der Waals surface area contributed by atoms with E-state index in [1.807, 2.05) is 12.1 Å². The van der Waals surface area contributed by atoms with E-state index in [0.29, 0.717) is 19.0 Å². The van der Waals surface area contributed by atoms with Gasteiger partial charge in [0, 0.05) is 18.4 Å². The number of hydrogen-bond acceptors (Lipinski definition) is 4. The van der Waals surface area contributed by atoms with Gasteiger partial charge in [0.25, 0.3) is 0 Å². The van der Waals surface area contributed by atoms with Gasteiger partial charge in [-0.15, -0.1) is 0 Å². The third kappa shape index (κ3) is 2.21. The lowest BCUT2D eigenvalue weighted by atomic mass is 10.2. The standard InChI is InChI=1S/C10H14N2O2/c11-10-8(2-1-4-12-10)6-14-9-3-5-13-7-9/h1-2,4,9H,3,5-7H2,(H2,11,12). The monoisotopic (exact) mass is 194 g/mol. The Morgan fingerprint density at radius 2 is 2.57 bits per heavy atom. The van der Waals surface area contributed by atoms with Crippen molar-refractivity contribution in [2.24, 2.45) is 0 Å². The van der Waals surface area contributed by atoms with Crippen molar-refractivity contribution < 1.29 is 9.47 Å².